The third-order valence-corrected chi connectivity index (χ3v) is 4.19. The number of thiophene rings is 1. The van der Waals surface area contributed by atoms with Crippen LogP contribution in [-0.4, -0.2) is 0 Å². The van der Waals surface area contributed by atoms with Gasteiger partial charge in [-0.2, -0.15) is 0 Å². The van der Waals surface area contributed by atoms with Crippen molar-refractivity contribution in [1.82, 2.24) is 0 Å². The van der Waals surface area contributed by atoms with Crippen LogP contribution >= 0.6 is 11.3 Å². The van der Waals surface area contributed by atoms with E-state index in [1.54, 1.807) is 0 Å². The van der Waals surface area contributed by atoms with Crippen molar-refractivity contribution in [3.8, 4) is 0 Å². The van der Waals surface area contributed by atoms with Crippen molar-refractivity contribution in [3.63, 3.8) is 0 Å². The minimum Gasteiger partial charge on any atom is -0.144 e. The van der Waals surface area contributed by atoms with Crippen molar-refractivity contribution in [2.75, 3.05) is 0 Å². The molecular formula is C14H18S. The lowest BCUT2D eigenvalue weighted by atomic mass is 9.83. The lowest BCUT2D eigenvalue weighted by Crippen LogP contribution is -2.13. The van der Waals surface area contributed by atoms with E-state index in [0.717, 1.165) is 0 Å². The van der Waals surface area contributed by atoms with Crippen LogP contribution in [0.1, 0.15) is 32.8 Å². The highest BCUT2D eigenvalue weighted by atomic mass is 32.1. The van der Waals surface area contributed by atoms with E-state index in [1.165, 1.54) is 28.5 Å². The molecular weight excluding hydrogens is 200 g/mol. The zero-order chi connectivity index (χ0) is 10.9. The largest absolute Gasteiger partial charge is 0.144 e. The fourth-order valence-corrected chi connectivity index (χ4v) is 2.75. The summed E-state index contributed by atoms with van der Waals surface area (Å²) in [5.74, 6) is 0. The molecule has 0 radical (unpaired) electrons. The van der Waals surface area contributed by atoms with E-state index in [-0.39, 0.29) is 0 Å². The molecule has 0 spiro atoms. The summed E-state index contributed by atoms with van der Waals surface area (Å²) in [6.07, 6.45) is 2.41. The molecule has 1 aromatic carbocycles. The molecule has 1 heterocycles. The molecule has 2 rings (SSSR count). The van der Waals surface area contributed by atoms with E-state index in [0.29, 0.717) is 5.41 Å². The van der Waals surface area contributed by atoms with Gasteiger partial charge in [0.25, 0.3) is 0 Å². The van der Waals surface area contributed by atoms with Crippen LogP contribution in [0.15, 0.2) is 29.6 Å². The van der Waals surface area contributed by atoms with E-state index in [2.05, 4.69) is 50.4 Å². The van der Waals surface area contributed by atoms with Crippen molar-refractivity contribution >= 4 is 21.4 Å². The van der Waals surface area contributed by atoms with Gasteiger partial charge in [-0.15, -0.1) is 11.3 Å². The van der Waals surface area contributed by atoms with E-state index < -0.39 is 0 Å². The molecule has 0 bridgehead atoms. The number of rotatable bonds is 3. The molecule has 0 saturated heterocycles. The molecule has 0 nitrogen and oxygen atoms in total. The average Bonchev–Trinajstić information content (AvgIpc) is 2.66. The highest BCUT2D eigenvalue weighted by Crippen LogP contribution is 2.31. The van der Waals surface area contributed by atoms with Gasteiger partial charge in [0.1, 0.15) is 0 Å². The second-order valence-electron chi connectivity index (χ2n) is 4.95. The summed E-state index contributed by atoms with van der Waals surface area (Å²) < 4.78 is 1.47. The number of fused-ring (bicyclic) bond motifs is 1. The van der Waals surface area contributed by atoms with Crippen molar-refractivity contribution in [1.29, 1.82) is 0 Å². The Morgan fingerprint density at radius 3 is 2.73 bits per heavy atom. The van der Waals surface area contributed by atoms with Crippen molar-refractivity contribution in [2.24, 2.45) is 5.41 Å². The molecule has 1 heteroatoms. The standard InChI is InChI=1S/C14H18S/c1-4-14(2,3)10-12-7-5-6-11-8-9-15-13(11)12/h5-9H,4,10H2,1-3H3. The Bertz CT molecular complexity index is 451. The highest BCUT2D eigenvalue weighted by molar-refractivity contribution is 7.17. The van der Waals surface area contributed by atoms with Crippen LogP contribution in [0.4, 0.5) is 0 Å². The topological polar surface area (TPSA) is 0 Å². The lowest BCUT2D eigenvalue weighted by molar-refractivity contribution is 0.350. The third kappa shape index (κ3) is 2.23. The Morgan fingerprint density at radius 1 is 1.20 bits per heavy atom. The summed E-state index contributed by atoms with van der Waals surface area (Å²) in [4.78, 5) is 0. The normalized spacial score (nSPS) is 12.2. The van der Waals surface area contributed by atoms with E-state index in [1.807, 2.05) is 11.3 Å². The Hall–Kier alpha value is -0.820. The van der Waals surface area contributed by atoms with Gasteiger partial charge in [-0.25, -0.2) is 0 Å². The van der Waals surface area contributed by atoms with Crippen LogP contribution < -0.4 is 0 Å². The summed E-state index contributed by atoms with van der Waals surface area (Å²) in [5, 5.41) is 3.58. The SMILES string of the molecule is CCC(C)(C)Cc1cccc2ccsc12. The van der Waals surface area contributed by atoms with E-state index in [4.69, 9.17) is 0 Å². The first-order valence-corrected chi connectivity index (χ1v) is 6.45. The van der Waals surface area contributed by atoms with E-state index >= 15 is 0 Å². The predicted molar refractivity (Wildman–Crippen MR) is 69.6 cm³/mol. The van der Waals surface area contributed by atoms with Crippen LogP contribution in [0, 0.1) is 5.41 Å². The van der Waals surface area contributed by atoms with Crippen molar-refractivity contribution in [2.45, 2.75) is 33.6 Å². The molecule has 0 aliphatic heterocycles. The summed E-state index contributed by atoms with van der Waals surface area (Å²) in [7, 11) is 0. The molecule has 0 saturated carbocycles. The third-order valence-electron chi connectivity index (χ3n) is 3.19. The second-order valence-corrected chi connectivity index (χ2v) is 5.87. The Kier molecular flexibility index (Phi) is 2.83. The molecule has 0 aliphatic carbocycles. The van der Waals surface area contributed by atoms with E-state index in [9.17, 15) is 0 Å². The number of hydrogen-bond acceptors (Lipinski definition) is 1. The van der Waals surface area contributed by atoms with Gasteiger partial charge < -0.3 is 0 Å². The van der Waals surface area contributed by atoms with Gasteiger partial charge in [-0.05, 0) is 34.2 Å². The van der Waals surface area contributed by atoms with Crippen LogP contribution in [0.25, 0.3) is 10.1 Å². The summed E-state index contributed by atoms with van der Waals surface area (Å²) in [6, 6.07) is 8.86. The zero-order valence-electron chi connectivity index (χ0n) is 9.71. The van der Waals surface area contributed by atoms with Gasteiger partial charge in [0.05, 0.1) is 0 Å². The number of hydrogen-bond donors (Lipinski definition) is 0. The first-order chi connectivity index (χ1) is 7.12. The molecule has 0 atom stereocenters. The van der Waals surface area contributed by atoms with Gasteiger partial charge in [0.15, 0.2) is 0 Å². The summed E-state index contributed by atoms with van der Waals surface area (Å²) >= 11 is 1.87. The summed E-state index contributed by atoms with van der Waals surface area (Å²) in [5.41, 5.74) is 1.92. The lowest BCUT2D eigenvalue weighted by Gasteiger charge is -2.22. The van der Waals surface area contributed by atoms with Gasteiger partial charge in [-0.3, -0.25) is 0 Å². The van der Waals surface area contributed by atoms with Gasteiger partial charge in [0.2, 0.25) is 0 Å². The molecule has 2 aromatic rings. The minimum absolute atomic E-state index is 0.415. The first-order valence-electron chi connectivity index (χ1n) is 5.57. The van der Waals surface area contributed by atoms with Crippen molar-refractivity contribution in [3.05, 3.63) is 35.2 Å². The molecule has 1 aromatic heterocycles. The quantitative estimate of drug-likeness (QED) is 0.688. The average molecular weight is 218 g/mol. The smallest absolute Gasteiger partial charge is 0.0374 e. The van der Waals surface area contributed by atoms with Crippen LogP contribution in [0.5, 0.6) is 0 Å². The fraction of sp³-hybridized carbons (Fsp3) is 0.429. The maximum absolute atomic E-state index is 2.35. The van der Waals surface area contributed by atoms with Crippen LogP contribution in [0.2, 0.25) is 0 Å². The molecule has 15 heavy (non-hydrogen) atoms. The Labute approximate surface area is 95.9 Å². The molecule has 0 N–H and O–H groups in total. The maximum Gasteiger partial charge on any atom is 0.0374 e. The van der Waals surface area contributed by atoms with Gasteiger partial charge in [0, 0.05) is 4.70 Å². The minimum atomic E-state index is 0.415. The first kappa shape index (κ1) is 10.7. The Balaban J connectivity index is 2.39. The zero-order valence-corrected chi connectivity index (χ0v) is 10.5. The molecule has 80 valence electrons. The van der Waals surface area contributed by atoms with Crippen molar-refractivity contribution < 1.29 is 0 Å². The summed E-state index contributed by atoms with van der Waals surface area (Å²) in [6.45, 7) is 6.97. The van der Waals surface area contributed by atoms with Gasteiger partial charge >= 0.3 is 0 Å². The molecule has 0 unspecified atom stereocenters. The highest BCUT2D eigenvalue weighted by Gasteiger charge is 2.17. The van der Waals surface area contributed by atoms with Crippen LogP contribution in [-0.2, 0) is 6.42 Å². The Morgan fingerprint density at radius 2 is 2.00 bits per heavy atom. The maximum atomic E-state index is 2.35. The second kappa shape index (κ2) is 3.97. The number of benzene rings is 1. The molecule has 0 aliphatic rings. The molecule has 0 fully saturated rings. The fourth-order valence-electron chi connectivity index (χ4n) is 1.83. The van der Waals surface area contributed by atoms with Gasteiger partial charge in [-0.1, -0.05) is 45.4 Å². The molecule has 0 amide bonds. The predicted octanol–water partition coefficient (Wildman–Crippen LogP) is 4.88. The van der Waals surface area contributed by atoms with Crippen LogP contribution in [0.3, 0.4) is 0 Å². The monoisotopic (exact) mass is 218 g/mol.